The highest BCUT2D eigenvalue weighted by molar-refractivity contribution is 7.93. The van der Waals surface area contributed by atoms with Crippen molar-refractivity contribution in [2.75, 3.05) is 5.75 Å². The number of aryl methyl sites for hydroxylation is 1. The van der Waals surface area contributed by atoms with Gasteiger partial charge in [0.1, 0.15) is 11.4 Å². The van der Waals surface area contributed by atoms with Crippen LogP contribution in [-0.2, 0) is 23.1 Å². The number of thiazole rings is 1. The first kappa shape index (κ1) is 18.4. The van der Waals surface area contributed by atoms with E-state index in [2.05, 4.69) is 15.0 Å². The zero-order valence-corrected chi connectivity index (χ0v) is 16.0. The molecule has 0 unspecified atom stereocenters. The Morgan fingerprint density at radius 3 is 2.59 bits per heavy atom. The zero-order valence-electron chi connectivity index (χ0n) is 14.4. The standard InChI is InChI=1S/C16H15F3N4O2S2/c1-3-27(24,25)15-12(22-14(26-15)8-4-5-8)13-21-9-6-11(16(17,18)19)20-7-10(9)23(13)2/h6-8H,3-5H2,1-2H3. The van der Waals surface area contributed by atoms with E-state index in [1.807, 2.05) is 0 Å². The average Bonchev–Trinajstić information content (AvgIpc) is 3.27. The van der Waals surface area contributed by atoms with Crippen LogP contribution in [0.15, 0.2) is 16.5 Å². The van der Waals surface area contributed by atoms with Crippen molar-refractivity contribution in [3.63, 3.8) is 0 Å². The van der Waals surface area contributed by atoms with E-state index in [0.29, 0.717) is 5.52 Å². The van der Waals surface area contributed by atoms with Crippen molar-refractivity contribution in [1.29, 1.82) is 0 Å². The van der Waals surface area contributed by atoms with Crippen LogP contribution in [0, 0.1) is 0 Å². The third-order valence-electron chi connectivity index (χ3n) is 4.47. The van der Waals surface area contributed by atoms with Crippen LogP contribution in [0.25, 0.3) is 22.6 Å². The molecule has 0 aliphatic heterocycles. The first-order valence-electron chi connectivity index (χ1n) is 8.25. The summed E-state index contributed by atoms with van der Waals surface area (Å²) in [5.74, 6) is 0.389. The number of imidazole rings is 1. The van der Waals surface area contributed by atoms with Gasteiger partial charge in [-0.05, 0) is 18.9 Å². The summed E-state index contributed by atoms with van der Waals surface area (Å²) < 4.78 is 65.5. The monoisotopic (exact) mass is 416 g/mol. The van der Waals surface area contributed by atoms with Crippen molar-refractivity contribution in [1.82, 2.24) is 19.5 Å². The van der Waals surface area contributed by atoms with Crippen LogP contribution < -0.4 is 0 Å². The topological polar surface area (TPSA) is 77.7 Å². The second-order valence-corrected chi connectivity index (χ2v) is 9.92. The maximum Gasteiger partial charge on any atom is 0.433 e. The summed E-state index contributed by atoms with van der Waals surface area (Å²) in [4.78, 5) is 12.2. The summed E-state index contributed by atoms with van der Waals surface area (Å²) in [7, 11) is -1.93. The van der Waals surface area contributed by atoms with Gasteiger partial charge in [-0.25, -0.2) is 23.4 Å². The van der Waals surface area contributed by atoms with Crippen molar-refractivity contribution in [3.8, 4) is 11.5 Å². The van der Waals surface area contributed by atoms with E-state index in [9.17, 15) is 21.6 Å². The number of aromatic nitrogens is 4. The van der Waals surface area contributed by atoms with Gasteiger partial charge in [-0.3, -0.25) is 0 Å². The molecule has 0 atom stereocenters. The highest BCUT2D eigenvalue weighted by Gasteiger charge is 2.35. The zero-order chi connectivity index (χ0) is 19.6. The van der Waals surface area contributed by atoms with Crippen LogP contribution in [0.3, 0.4) is 0 Å². The summed E-state index contributed by atoms with van der Waals surface area (Å²) in [6, 6.07) is 0.862. The lowest BCUT2D eigenvalue weighted by molar-refractivity contribution is -0.141. The van der Waals surface area contributed by atoms with E-state index < -0.39 is 21.7 Å². The van der Waals surface area contributed by atoms with Gasteiger partial charge in [-0.2, -0.15) is 13.2 Å². The number of nitrogens with zero attached hydrogens (tertiary/aromatic N) is 4. The van der Waals surface area contributed by atoms with Crippen molar-refractivity contribution in [3.05, 3.63) is 23.0 Å². The Labute approximate surface area is 157 Å². The summed E-state index contributed by atoms with van der Waals surface area (Å²) in [6.07, 6.45) is -1.57. The molecular weight excluding hydrogens is 401 g/mol. The summed E-state index contributed by atoms with van der Waals surface area (Å²) in [5, 5.41) is 0.734. The van der Waals surface area contributed by atoms with Gasteiger partial charge in [-0.15, -0.1) is 11.3 Å². The molecule has 0 bridgehead atoms. The van der Waals surface area contributed by atoms with Gasteiger partial charge in [0.25, 0.3) is 0 Å². The highest BCUT2D eigenvalue weighted by atomic mass is 32.2. The van der Waals surface area contributed by atoms with Crippen LogP contribution in [0.5, 0.6) is 0 Å². The minimum absolute atomic E-state index is 0.0873. The van der Waals surface area contributed by atoms with E-state index in [1.165, 1.54) is 4.57 Å². The fraction of sp³-hybridized carbons (Fsp3) is 0.438. The van der Waals surface area contributed by atoms with E-state index in [0.717, 1.165) is 41.4 Å². The van der Waals surface area contributed by atoms with E-state index >= 15 is 0 Å². The number of hydrogen-bond acceptors (Lipinski definition) is 6. The predicted molar refractivity (Wildman–Crippen MR) is 94.3 cm³/mol. The van der Waals surface area contributed by atoms with E-state index in [4.69, 9.17) is 0 Å². The normalized spacial score (nSPS) is 15.6. The third-order valence-corrected chi connectivity index (χ3v) is 8.01. The van der Waals surface area contributed by atoms with Gasteiger partial charge >= 0.3 is 6.18 Å². The molecule has 0 N–H and O–H groups in total. The van der Waals surface area contributed by atoms with Crippen LogP contribution >= 0.6 is 11.3 Å². The number of halogens is 3. The third kappa shape index (κ3) is 3.12. The minimum Gasteiger partial charge on any atom is -0.324 e. The Balaban J connectivity index is 1.93. The lowest BCUT2D eigenvalue weighted by atomic mass is 10.3. The first-order valence-corrected chi connectivity index (χ1v) is 10.7. The second kappa shape index (κ2) is 5.99. The maximum absolute atomic E-state index is 12.9. The second-order valence-electron chi connectivity index (χ2n) is 6.42. The Kier molecular flexibility index (Phi) is 4.08. The van der Waals surface area contributed by atoms with Gasteiger partial charge in [0.2, 0.25) is 0 Å². The predicted octanol–water partition coefficient (Wildman–Crippen LogP) is 3.78. The molecule has 1 fully saturated rings. The summed E-state index contributed by atoms with van der Waals surface area (Å²) in [5.41, 5.74) is -0.372. The first-order chi connectivity index (χ1) is 12.6. The molecule has 3 aromatic rings. The number of pyridine rings is 1. The van der Waals surface area contributed by atoms with Crippen LogP contribution in [-0.4, -0.2) is 33.7 Å². The van der Waals surface area contributed by atoms with Gasteiger partial charge in [0.05, 0.1) is 28.0 Å². The fourth-order valence-electron chi connectivity index (χ4n) is 2.77. The largest absolute Gasteiger partial charge is 0.433 e. The highest BCUT2D eigenvalue weighted by Crippen LogP contribution is 2.45. The number of hydrogen-bond donors (Lipinski definition) is 0. The molecular formula is C16H15F3N4O2S2. The molecule has 144 valence electrons. The summed E-state index contributed by atoms with van der Waals surface area (Å²) in [6.45, 7) is 1.55. The average molecular weight is 416 g/mol. The minimum atomic E-state index is -4.58. The molecule has 1 aliphatic carbocycles. The molecule has 4 rings (SSSR count). The molecule has 27 heavy (non-hydrogen) atoms. The maximum atomic E-state index is 12.9. The molecule has 0 radical (unpaired) electrons. The van der Waals surface area contributed by atoms with Gasteiger partial charge in [0.15, 0.2) is 19.9 Å². The number of sulfone groups is 1. The molecule has 3 aromatic heterocycles. The number of alkyl halides is 3. The van der Waals surface area contributed by atoms with Crippen LogP contribution in [0.1, 0.15) is 36.4 Å². The van der Waals surface area contributed by atoms with Crippen LogP contribution in [0.2, 0.25) is 0 Å². The molecule has 0 amide bonds. The van der Waals surface area contributed by atoms with E-state index in [-0.39, 0.29) is 32.9 Å². The number of rotatable bonds is 4. The molecule has 0 saturated heterocycles. The molecule has 3 heterocycles. The molecule has 11 heteroatoms. The lowest BCUT2D eigenvalue weighted by Gasteiger charge is -2.05. The molecule has 6 nitrogen and oxygen atoms in total. The smallest absolute Gasteiger partial charge is 0.324 e. The molecule has 1 saturated carbocycles. The SMILES string of the molecule is CCS(=O)(=O)c1sc(C2CC2)nc1-c1nc2cc(C(F)(F)F)ncc2n1C. The Morgan fingerprint density at radius 1 is 1.30 bits per heavy atom. The van der Waals surface area contributed by atoms with Gasteiger partial charge < -0.3 is 4.57 Å². The Bertz CT molecular complexity index is 1140. The lowest BCUT2D eigenvalue weighted by Crippen LogP contribution is -2.07. The molecule has 1 aliphatic rings. The van der Waals surface area contributed by atoms with Crippen molar-refractivity contribution in [2.45, 2.75) is 36.1 Å². The quantitative estimate of drug-likeness (QED) is 0.647. The van der Waals surface area contributed by atoms with Crippen LogP contribution in [0.4, 0.5) is 13.2 Å². The van der Waals surface area contributed by atoms with Crippen molar-refractivity contribution >= 4 is 32.2 Å². The van der Waals surface area contributed by atoms with Gasteiger partial charge in [-0.1, -0.05) is 6.92 Å². The molecule has 0 aromatic carbocycles. The number of fused-ring (bicyclic) bond motifs is 1. The van der Waals surface area contributed by atoms with Gasteiger partial charge in [0, 0.05) is 13.0 Å². The van der Waals surface area contributed by atoms with E-state index in [1.54, 1.807) is 14.0 Å². The Morgan fingerprint density at radius 2 is 2.00 bits per heavy atom. The fourth-order valence-corrected chi connectivity index (χ4v) is 5.54. The molecule has 0 spiro atoms. The summed E-state index contributed by atoms with van der Waals surface area (Å²) >= 11 is 1.13. The van der Waals surface area contributed by atoms with Crippen molar-refractivity contribution < 1.29 is 21.6 Å². The van der Waals surface area contributed by atoms with Crippen molar-refractivity contribution in [2.24, 2.45) is 7.05 Å². The Hall–Kier alpha value is -2.01.